The molecule has 0 radical (unpaired) electrons. The van der Waals surface area contributed by atoms with Gasteiger partial charge in [0.25, 0.3) is 11.8 Å². The van der Waals surface area contributed by atoms with Crippen LogP contribution in [0.25, 0.3) is 0 Å². The van der Waals surface area contributed by atoms with E-state index in [4.69, 9.17) is 0 Å². The lowest BCUT2D eigenvalue weighted by molar-refractivity contribution is -0.180. The Morgan fingerprint density at radius 2 is 1.94 bits per heavy atom. The van der Waals surface area contributed by atoms with Crippen LogP contribution in [0.5, 0.6) is 0 Å². The van der Waals surface area contributed by atoms with E-state index >= 15 is 0 Å². The third kappa shape index (κ3) is 4.43. The number of benzene rings is 1. The molecule has 2 aliphatic heterocycles. The van der Waals surface area contributed by atoms with Gasteiger partial charge in [-0.1, -0.05) is 19.8 Å². The standard InChI is InChI=1S/C23H24F3N3O4/c1-22(8-2-3-9-22)17(23(24,25)26)11-27-19(31)13-4-5-15-14(10-13)12-29(21(15)33)16-6-7-18(30)28-20(16)32/h4-5,10-11,16-17H,2-3,6-9,12H2,1H3,(H,28,30,32). The molecule has 2 heterocycles. The highest BCUT2D eigenvalue weighted by molar-refractivity contribution is 6.06. The molecule has 3 aliphatic rings. The van der Waals surface area contributed by atoms with Crippen LogP contribution in [-0.2, 0) is 16.1 Å². The van der Waals surface area contributed by atoms with Crippen LogP contribution in [0.15, 0.2) is 23.2 Å². The molecule has 1 aliphatic carbocycles. The third-order valence-corrected chi connectivity index (χ3v) is 6.96. The predicted molar refractivity (Wildman–Crippen MR) is 111 cm³/mol. The first kappa shape index (κ1) is 23.1. The number of fused-ring (bicyclic) bond motifs is 1. The van der Waals surface area contributed by atoms with Gasteiger partial charge in [-0.15, -0.1) is 0 Å². The number of nitrogens with zero attached hydrogens (tertiary/aromatic N) is 2. The van der Waals surface area contributed by atoms with Crippen LogP contribution < -0.4 is 5.32 Å². The number of halogens is 3. The summed E-state index contributed by atoms with van der Waals surface area (Å²) in [6.45, 7) is 1.65. The Bertz CT molecular complexity index is 1040. The molecule has 1 aromatic carbocycles. The molecule has 1 saturated heterocycles. The van der Waals surface area contributed by atoms with Crippen molar-refractivity contribution >= 4 is 29.8 Å². The SMILES string of the molecule is CC1(C(C=NC(=O)c2ccc3c(c2)CN(C2CCC(=O)NC2=O)C3=O)C(F)(F)F)CCCC1. The van der Waals surface area contributed by atoms with Crippen LogP contribution in [-0.4, -0.2) is 47.0 Å². The summed E-state index contributed by atoms with van der Waals surface area (Å²) >= 11 is 0. The number of alkyl halides is 3. The summed E-state index contributed by atoms with van der Waals surface area (Å²) in [5.74, 6) is -3.97. The lowest BCUT2D eigenvalue weighted by Crippen LogP contribution is -2.52. The molecule has 176 valence electrons. The van der Waals surface area contributed by atoms with E-state index in [0.717, 1.165) is 6.21 Å². The summed E-state index contributed by atoms with van der Waals surface area (Å²) in [7, 11) is 0. The fourth-order valence-electron chi connectivity index (χ4n) is 5.08. The molecule has 2 unspecified atom stereocenters. The Balaban J connectivity index is 1.52. The first-order chi connectivity index (χ1) is 15.5. The van der Waals surface area contributed by atoms with Crippen molar-refractivity contribution in [2.75, 3.05) is 0 Å². The molecule has 1 N–H and O–H groups in total. The van der Waals surface area contributed by atoms with Crippen molar-refractivity contribution in [2.45, 2.75) is 64.2 Å². The van der Waals surface area contributed by atoms with E-state index in [9.17, 15) is 32.3 Å². The zero-order valence-corrected chi connectivity index (χ0v) is 18.1. The molecule has 4 amide bonds. The van der Waals surface area contributed by atoms with Gasteiger partial charge in [-0.05, 0) is 48.4 Å². The van der Waals surface area contributed by atoms with Gasteiger partial charge in [-0.25, -0.2) is 4.99 Å². The van der Waals surface area contributed by atoms with Gasteiger partial charge >= 0.3 is 6.18 Å². The lowest BCUT2D eigenvalue weighted by Gasteiger charge is -2.32. The summed E-state index contributed by atoms with van der Waals surface area (Å²) in [6, 6.07) is 3.41. The van der Waals surface area contributed by atoms with E-state index in [0.29, 0.717) is 36.8 Å². The van der Waals surface area contributed by atoms with Gasteiger partial charge in [0.05, 0.1) is 5.92 Å². The Kier molecular flexibility index (Phi) is 5.88. The summed E-state index contributed by atoms with van der Waals surface area (Å²) < 4.78 is 41.0. The number of hydrogen-bond donors (Lipinski definition) is 1. The first-order valence-corrected chi connectivity index (χ1v) is 10.9. The molecular weight excluding hydrogens is 439 g/mol. The van der Waals surface area contributed by atoms with Crippen molar-refractivity contribution in [3.63, 3.8) is 0 Å². The Morgan fingerprint density at radius 1 is 1.24 bits per heavy atom. The number of nitrogens with one attached hydrogen (secondary N) is 1. The van der Waals surface area contributed by atoms with Gasteiger partial charge in [0.2, 0.25) is 11.8 Å². The topological polar surface area (TPSA) is 95.9 Å². The molecule has 4 rings (SSSR count). The van der Waals surface area contributed by atoms with Crippen molar-refractivity contribution in [1.82, 2.24) is 10.2 Å². The number of aliphatic imine (C=N–C) groups is 1. The van der Waals surface area contributed by atoms with Crippen molar-refractivity contribution in [3.8, 4) is 0 Å². The van der Waals surface area contributed by atoms with Gasteiger partial charge in [0.15, 0.2) is 0 Å². The average Bonchev–Trinajstić information content (AvgIpc) is 3.31. The second-order valence-electron chi connectivity index (χ2n) is 9.24. The normalized spacial score (nSPS) is 23.7. The minimum absolute atomic E-state index is 0.0640. The van der Waals surface area contributed by atoms with Crippen LogP contribution in [0.4, 0.5) is 13.2 Å². The van der Waals surface area contributed by atoms with Gasteiger partial charge in [0, 0.05) is 30.3 Å². The highest BCUT2D eigenvalue weighted by atomic mass is 19.4. The fourth-order valence-corrected chi connectivity index (χ4v) is 5.08. The molecule has 1 aromatic rings. The van der Waals surface area contributed by atoms with Crippen molar-refractivity contribution in [2.24, 2.45) is 16.3 Å². The molecule has 0 spiro atoms. The Labute approximate surface area is 188 Å². The molecule has 0 bridgehead atoms. The molecule has 7 nitrogen and oxygen atoms in total. The van der Waals surface area contributed by atoms with Gasteiger partial charge in [-0.3, -0.25) is 24.5 Å². The zero-order chi connectivity index (χ0) is 24.0. The monoisotopic (exact) mass is 463 g/mol. The smallest absolute Gasteiger partial charge is 0.322 e. The first-order valence-electron chi connectivity index (χ1n) is 10.9. The average molecular weight is 463 g/mol. The van der Waals surface area contributed by atoms with Crippen LogP contribution in [0.3, 0.4) is 0 Å². The summed E-state index contributed by atoms with van der Waals surface area (Å²) in [4.78, 5) is 53.8. The Hall–Kier alpha value is -3.04. The van der Waals surface area contributed by atoms with E-state index < -0.39 is 47.2 Å². The number of carbonyl (C=O) groups is 4. The highest BCUT2D eigenvalue weighted by Crippen LogP contribution is 2.49. The highest BCUT2D eigenvalue weighted by Gasteiger charge is 2.51. The van der Waals surface area contributed by atoms with Crippen LogP contribution in [0, 0.1) is 11.3 Å². The maximum atomic E-state index is 13.7. The molecule has 0 aromatic heterocycles. The van der Waals surface area contributed by atoms with E-state index in [1.807, 2.05) is 0 Å². The number of rotatable bonds is 4. The van der Waals surface area contributed by atoms with Crippen LogP contribution >= 0.6 is 0 Å². The number of imide groups is 1. The maximum absolute atomic E-state index is 13.7. The molecule has 2 fully saturated rings. The van der Waals surface area contributed by atoms with Crippen LogP contribution in [0.1, 0.15) is 71.7 Å². The van der Waals surface area contributed by atoms with E-state index in [-0.39, 0.29) is 24.9 Å². The summed E-state index contributed by atoms with van der Waals surface area (Å²) in [5, 5.41) is 2.21. The van der Waals surface area contributed by atoms with Crippen molar-refractivity contribution < 1.29 is 32.3 Å². The number of hydrogen-bond acceptors (Lipinski definition) is 4. The predicted octanol–water partition coefficient (Wildman–Crippen LogP) is 3.42. The minimum Gasteiger partial charge on any atom is -0.322 e. The summed E-state index contributed by atoms with van der Waals surface area (Å²) in [5.41, 5.74) is -0.109. The maximum Gasteiger partial charge on any atom is 0.397 e. The summed E-state index contributed by atoms with van der Waals surface area (Å²) in [6.07, 6.45) is -1.17. The number of piperidine rings is 1. The van der Waals surface area contributed by atoms with E-state index in [1.54, 1.807) is 6.92 Å². The number of carbonyl (C=O) groups excluding carboxylic acids is 4. The lowest BCUT2D eigenvalue weighted by atomic mass is 9.76. The second-order valence-corrected chi connectivity index (χ2v) is 9.24. The van der Waals surface area contributed by atoms with Crippen LogP contribution in [0.2, 0.25) is 0 Å². The Morgan fingerprint density at radius 3 is 2.58 bits per heavy atom. The van der Waals surface area contributed by atoms with E-state index in [1.165, 1.54) is 23.1 Å². The molecule has 2 atom stereocenters. The molecule has 1 saturated carbocycles. The largest absolute Gasteiger partial charge is 0.397 e. The van der Waals surface area contributed by atoms with E-state index in [2.05, 4.69) is 10.3 Å². The zero-order valence-electron chi connectivity index (χ0n) is 18.1. The fraction of sp³-hybridized carbons (Fsp3) is 0.522. The van der Waals surface area contributed by atoms with Gasteiger partial charge in [0.1, 0.15) is 6.04 Å². The van der Waals surface area contributed by atoms with Crippen molar-refractivity contribution in [3.05, 3.63) is 34.9 Å². The number of amides is 4. The van der Waals surface area contributed by atoms with Gasteiger partial charge < -0.3 is 4.90 Å². The van der Waals surface area contributed by atoms with Gasteiger partial charge in [-0.2, -0.15) is 13.2 Å². The molecular formula is C23H24F3N3O4. The van der Waals surface area contributed by atoms with Crippen molar-refractivity contribution in [1.29, 1.82) is 0 Å². The minimum atomic E-state index is -4.50. The molecule has 33 heavy (non-hydrogen) atoms. The quantitative estimate of drug-likeness (QED) is 0.547. The second kappa shape index (κ2) is 8.39. The molecule has 10 heteroatoms. The third-order valence-electron chi connectivity index (χ3n) is 6.96.